The minimum atomic E-state index is -0.000182. The van der Waals surface area contributed by atoms with E-state index >= 15 is 0 Å². The molecule has 148 valence electrons. The molecule has 0 aromatic heterocycles. The standard InChI is InChI=1S/C20H27N3O3.HI/c1-14-8-6-7-9-16(14)13-23(3)20(21-2)22-12-15-10-17(25-4)19(24)18(11-15)26-5;/h6-11,24H,12-13H2,1-5H3,(H,21,22);1H. The molecule has 6 nitrogen and oxygen atoms in total. The molecule has 2 N–H and O–H groups in total. The van der Waals surface area contributed by atoms with Crippen LogP contribution in [0.1, 0.15) is 16.7 Å². The summed E-state index contributed by atoms with van der Waals surface area (Å²) in [4.78, 5) is 6.42. The van der Waals surface area contributed by atoms with Crippen molar-refractivity contribution >= 4 is 29.9 Å². The minimum absolute atomic E-state index is 0. The fourth-order valence-corrected chi connectivity index (χ4v) is 2.73. The van der Waals surface area contributed by atoms with Gasteiger partial charge in [-0.15, -0.1) is 24.0 Å². The Hall–Kier alpha value is -2.16. The van der Waals surface area contributed by atoms with Crippen molar-refractivity contribution in [2.75, 3.05) is 28.3 Å². The summed E-state index contributed by atoms with van der Waals surface area (Å²) in [5.41, 5.74) is 3.43. The summed E-state index contributed by atoms with van der Waals surface area (Å²) in [5, 5.41) is 13.3. The number of ether oxygens (including phenoxy) is 2. The van der Waals surface area contributed by atoms with E-state index in [4.69, 9.17) is 9.47 Å². The van der Waals surface area contributed by atoms with Crippen LogP contribution in [0.3, 0.4) is 0 Å². The van der Waals surface area contributed by atoms with Gasteiger partial charge in [-0.05, 0) is 35.7 Å². The van der Waals surface area contributed by atoms with Crippen LogP contribution < -0.4 is 14.8 Å². The average Bonchev–Trinajstić information content (AvgIpc) is 2.65. The van der Waals surface area contributed by atoms with Crippen molar-refractivity contribution in [2.45, 2.75) is 20.0 Å². The predicted octanol–water partition coefficient (Wildman–Crippen LogP) is 3.54. The van der Waals surface area contributed by atoms with Crippen molar-refractivity contribution in [2.24, 2.45) is 4.99 Å². The lowest BCUT2D eigenvalue weighted by Crippen LogP contribution is -2.38. The zero-order valence-corrected chi connectivity index (χ0v) is 18.8. The fraction of sp³-hybridized carbons (Fsp3) is 0.350. The highest BCUT2D eigenvalue weighted by Crippen LogP contribution is 2.37. The Morgan fingerprint density at radius 3 is 2.26 bits per heavy atom. The van der Waals surface area contributed by atoms with E-state index in [0.717, 1.165) is 18.1 Å². The highest BCUT2D eigenvalue weighted by atomic mass is 127. The first kappa shape index (κ1) is 22.9. The maximum atomic E-state index is 10.0. The lowest BCUT2D eigenvalue weighted by molar-refractivity contribution is 0.339. The van der Waals surface area contributed by atoms with Gasteiger partial charge in [0.15, 0.2) is 17.5 Å². The van der Waals surface area contributed by atoms with Gasteiger partial charge in [-0.2, -0.15) is 0 Å². The van der Waals surface area contributed by atoms with Crippen LogP contribution >= 0.6 is 24.0 Å². The van der Waals surface area contributed by atoms with Crippen LogP contribution in [0, 0.1) is 6.92 Å². The van der Waals surface area contributed by atoms with Crippen LogP contribution in [-0.2, 0) is 13.1 Å². The van der Waals surface area contributed by atoms with Crippen LogP contribution in [0.4, 0.5) is 0 Å². The van der Waals surface area contributed by atoms with Gasteiger partial charge in [0.2, 0.25) is 5.75 Å². The number of rotatable bonds is 6. The highest BCUT2D eigenvalue weighted by Gasteiger charge is 2.13. The molecule has 0 atom stereocenters. The van der Waals surface area contributed by atoms with Crippen molar-refractivity contribution in [1.82, 2.24) is 10.2 Å². The first-order valence-corrected chi connectivity index (χ1v) is 8.40. The molecular formula is C20H28IN3O3. The number of phenolic OH excluding ortho intramolecular Hbond substituents is 1. The van der Waals surface area contributed by atoms with Crippen molar-refractivity contribution < 1.29 is 14.6 Å². The Bertz CT molecular complexity index is 756. The van der Waals surface area contributed by atoms with Crippen LogP contribution in [0.2, 0.25) is 0 Å². The molecule has 27 heavy (non-hydrogen) atoms. The van der Waals surface area contributed by atoms with Gasteiger partial charge in [-0.25, -0.2) is 0 Å². The van der Waals surface area contributed by atoms with Gasteiger partial charge in [-0.3, -0.25) is 4.99 Å². The maximum Gasteiger partial charge on any atom is 0.200 e. The predicted molar refractivity (Wildman–Crippen MR) is 119 cm³/mol. The number of phenols is 1. The third-order valence-corrected chi connectivity index (χ3v) is 4.23. The molecule has 0 aliphatic rings. The summed E-state index contributed by atoms with van der Waals surface area (Å²) in [6.45, 7) is 3.39. The van der Waals surface area contributed by atoms with Crippen molar-refractivity contribution in [3.8, 4) is 17.2 Å². The molecule has 0 unspecified atom stereocenters. The molecule has 0 saturated heterocycles. The number of hydrogen-bond acceptors (Lipinski definition) is 4. The number of hydrogen-bond donors (Lipinski definition) is 2. The molecule has 2 rings (SSSR count). The lowest BCUT2D eigenvalue weighted by atomic mass is 10.1. The monoisotopic (exact) mass is 485 g/mol. The summed E-state index contributed by atoms with van der Waals surface area (Å²) in [5.74, 6) is 1.54. The Morgan fingerprint density at radius 1 is 1.15 bits per heavy atom. The quantitative estimate of drug-likeness (QED) is 0.372. The van der Waals surface area contributed by atoms with Gasteiger partial charge in [0.1, 0.15) is 0 Å². The van der Waals surface area contributed by atoms with Crippen LogP contribution in [-0.4, -0.2) is 44.3 Å². The highest BCUT2D eigenvalue weighted by molar-refractivity contribution is 14.0. The lowest BCUT2D eigenvalue weighted by Gasteiger charge is -2.23. The summed E-state index contributed by atoms with van der Waals surface area (Å²) in [6, 6.07) is 11.9. The molecule has 0 bridgehead atoms. The number of aromatic hydroxyl groups is 1. The van der Waals surface area contributed by atoms with E-state index in [9.17, 15) is 5.11 Å². The first-order valence-electron chi connectivity index (χ1n) is 8.40. The van der Waals surface area contributed by atoms with Crippen LogP contribution in [0.15, 0.2) is 41.4 Å². The molecule has 0 aliphatic carbocycles. The number of halogens is 1. The summed E-state index contributed by atoms with van der Waals surface area (Å²) >= 11 is 0. The molecule has 0 saturated carbocycles. The first-order chi connectivity index (χ1) is 12.5. The Labute approximate surface area is 178 Å². The molecule has 2 aromatic carbocycles. The van der Waals surface area contributed by atoms with Crippen molar-refractivity contribution in [3.63, 3.8) is 0 Å². The molecule has 0 spiro atoms. The van der Waals surface area contributed by atoms with Crippen LogP contribution in [0.5, 0.6) is 17.2 Å². The maximum absolute atomic E-state index is 10.0. The summed E-state index contributed by atoms with van der Waals surface area (Å²) in [7, 11) is 6.79. The van der Waals surface area contributed by atoms with E-state index in [-0.39, 0.29) is 29.7 Å². The average molecular weight is 485 g/mol. The summed E-state index contributed by atoms with van der Waals surface area (Å²) < 4.78 is 10.4. The number of nitrogens with one attached hydrogen (secondary N) is 1. The van der Waals surface area contributed by atoms with E-state index in [1.807, 2.05) is 19.2 Å². The van der Waals surface area contributed by atoms with Crippen molar-refractivity contribution in [1.29, 1.82) is 0 Å². The normalized spacial score (nSPS) is 10.8. The Kier molecular flexibility index (Phi) is 9.20. The van der Waals surface area contributed by atoms with Crippen LogP contribution in [0.25, 0.3) is 0 Å². The second kappa shape index (κ2) is 10.9. The fourth-order valence-electron chi connectivity index (χ4n) is 2.73. The van der Waals surface area contributed by atoms with Gasteiger partial charge >= 0.3 is 0 Å². The minimum Gasteiger partial charge on any atom is -0.502 e. The van der Waals surface area contributed by atoms with Gasteiger partial charge in [0.25, 0.3) is 0 Å². The second-order valence-corrected chi connectivity index (χ2v) is 6.03. The van der Waals surface area contributed by atoms with E-state index < -0.39 is 0 Å². The van der Waals surface area contributed by atoms with E-state index in [1.54, 1.807) is 19.2 Å². The van der Waals surface area contributed by atoms with Gasteiger partial charge in [-0.1, -0.05) is 24.3 Å². The van der Waals surface area contributed by atoms with Crippen molar-refractivity contribution in [3.05, 3.63) is 53.1 Å². The van der Waals surface area contributed by atoms with Gasteiger partial charge < -0.3 is 24.8 Å². The summed E-state index contributed by atoms with van der Waals surface area (Å²) in [6.07, 6.45) is 0. The third kappa shape index (κ3) is 5.92. The zero-order valence-electron chi connectivity index (χ0n) is 16.4. The smallest absolute Gasteiger partial charge is 0.200 e. The number of aliphatic imine (C=N–C) groups is 1. The number of nitrogens with zero attached hydrogens (tertiary/aromatic N) is 2. The molecule has 0 aliphatic heterocycles. The molecule has 7 heteroatoms. The molecule has 2 aromatic rings. The Morgan fingerprint density at radius 2 is 1.74 bits per heavy atom. The SMILES string of the molecule is CN=C(NCc1cc(OC)c(O)c(OC)c1)N(C)Cc1ccccc1C.I. The molecule has 0 radical (unpaired) electrons. The molecule has 0 heterocycles. The van der Waals surface area contributed by atoms with Gasteiger partial charge in [0, 0.05) is 27.2 Å². The number of guanidine groups is 1. The molecule has 0 fully saturated rings. The molecular weight excluding hydrogens is 457 g/mol. The zero-order chi connectivity index (χ0) is 19.1. The van der Waals surface area contributed by atoms with E-state index in [1.165, 1.54) is 25.3 Å². The van der Waals surface area contributed by atoms with E-state index in [2.05, 4.69) is 34.3 Å². The second-order valence-electron chi connectivity index (χ2n) is 6.03. The third-order valence-electron chi connectivity index (χ3n) is 4.23. The Balaban J connectivity index is 0.00000364. The number of benzene rings is 2. The molecule has 0 amide bonds. The van der Waals surface area contributed by atoms with E-state index in [0.29, 0.717) is 18.0 Å². The number of methoxy groups -OCH3 is 2. The topological polar surface area (TPSA) is 66.3 Å². The number of aryl methyl sites for hydroxylation is 1. The van der Waals surface area contributed by atoms with Gasteiger partial charge in [0.05, 0.1) is 14.2 Å². The largest absolute Gasteiger partial charge is 0.502 e.